The highest BCUT2D eigenvalue weighted by Crippen LogP contribution is 2.24. The minimum absolute atomic E-state index is 0. The van der Waals surface area contributed by atoms with Gasteiger partial charge in [-0.2, -0.15) is 0 Å². The zero-order chi connectivity index (χ0) is 15.7. The van der Waals surface area contributed by atoms with Crippen LogP contribution in [-0.4, -0.2) is 19.0 Å². The molecule has 0 unspecified atom stereocenters. The zero-order valence-electron chi connectivity index (χ0n) is 13.5. The van der Waals surface area contributed by atoms with Crippen LogP contribution in [0.3, 0.4) is 0 Å². The molecule has 1 rings (SSSR count). The topological polar surface area (TPSA) is 55.1 Å². The second kappa shape index (κ2) is 10.6. The predicted molar refractivity (Wildman–Crippen MR) is 91.8 cm³/mol. The van der Waals surface area contributed by atoms with Crippen molar-refractivity contribution in [2.75, 3.05) is 13.1 Å². The molecule has 3 N–H and O–H groups in total. The van der Waals surface area contributed by atoms with Gasteiger partial charge < -0.3 is 11.1 Å². The normalized spacial score (nSPS) is 10.9. The monoisotopic (exact) mass is 330 g/mol. The second-order valence-corrected chi connectivity index (χ2v) is 6.09. The van der Waals surface area contributed by atoms with Gasteiger partial charge in [0.05, 0.1) is 0 Å². The Bertz CT molecular complexity index is 452. The number of halogens is 2. The molecule has 1 amide bonds. The summed E-state index contributed by atoms with van der Waals surface area (Å²) in [6, 6.07) is 6.72. The van der Waals surface area contributed by atoms with Crippen LogP contribution in [0.5, 0.6) is 0 Å². The Hall–Kier alpha value is -1.13. The van der Waals surface area contributed by atoms with E-state index in [0.717, 1.165) is 25.7 Å². The van der Waals surface area contributed by atoms with Crippen molar-refractivity contribution >= 4 is 18.3 Å². The van der Waals surface area contributed by atoms with E-state index in [0.29, 0.717) is 25.1 Å². The molecule has 0 aromatic heterocycles. The lowest BCUT2D eigenvalue weighted by Crippen LogP contribution is -2.37. The average molecular weight is 331 g/mol. The van der Waals surface area contributed by atoms with Crippen LogP contribution in [0.15, 0.2) is 24.3 Å². The average Bonchev–Trinajstić information content (AvgIpc) is 2.45. The maximum Gasteiger partial charge on any atom is 0.220 e. The number of hydrogen-bond acceptors (Lipinski definition) is 2. The summed E-state index contributed by atoms with van der Waals surface area (Å²) in [6.45, 7) is 5.03. The number of amides is 1. The fraction of sp³-hybridized carbons (Fsp3) is 0.588. The number of carbonyl (C=O) groups is 1. The highest BCUT2D eigenvalue weighted by Gasteiger charge is 2.24. The van der Waals surface area contributed by atoms with E-state index in [1.165, 1.54) is 6.07 Å². The molecular weight excluding hydrogens is 303 g/mol. The van der Waals surface area contributed by atoms with Gasteiger partial charge in [-0.15, -0.1) is 12.4 Å². The Morgan fingerprint density at radius 3 is 2.45 bits per heavy atom. The van der Waals surface area contributed by atoms with Gasteiger partial charge in [0.2, 0.25) is 5.91 Å². The van der Waals surface area contributed by atoms with Crippen LogP contribution in [0.1, 0.15) is 51.5 Å². The number of unbranched alkanes of at least 4 members (excludes halogenated alkanes) is 3. The van der Waals surface area contributed by atoms with Crippen molar-refractivity contribution < 1.29 is 9.18 Å². The van der Waals surface area contributed by atoms with Crippen LogP contribution < -0.4 is 11.1 Å². The molecule has 0 aliphatic rings. The van der Waals surface area contributed by atoms with Crippen molar-refractivity contribution in [2.45, 2.75) is 51.4 Å². The van der Waals surface area contributed by atoms with E-state index in [9.17, 15) is 9.18 Å². The van der Waals surface area contributed by atoms with E-state index < -0.39 is 5.41 Å². The quantitative estimate of drug-likeness (QED) is 0.680. The molecule has 22 heavy (non-hydrogen) atoms. The molecule has 0 radical (unpaired) electrons. The number of benzene rings is 1. The molecule has 126 valence electrons. The fourth-order valence-electron chi connectivity index (χ4n) is 2.30. The molecule has 5 heteroatoms. The van der Waals surface area contributed by atoms with Gasteiger partial charge in [0.1, 0.15) is 5.82 Å². The van der Waals surface area contributed by atoms with Gasteiger partial charge in [0.25, 0.3) is 0 Å². The molecule has 0 bridgehead atoms. The van der Waals surface area contributed by atoms with Gasteiger partial charge in [-0.3, -0.25) is 4.79 Å². The van der Waals surface area contributed by atoms with Crippen LogP contribution >= 0.6 is 12.4 Å². The van der Waals surface area contributed by atoms with Crippen LogP contribution in [0, 0.1) is 5.82 Å². The number of carbonyl (C=O) groups excluding carboxylic acids is 1. The lowest BCUT2D eigenvalue weighted by atomic mass is 9.84. The number of hydrogen-bond donors (Lipinski definition) is 2. The summed E-state index contributed by atoms with van der Waals surface area (Å²) in [6.07, 6.45) is 4.53. The van der Waals surface area contributed by atoms with Crippen LogP contribution in [-0.2, 0) is 10.2 Å². The first-order valence-corrected chi connectivity index (χ1v) is 7.69. The van der Waals surface area contributed by atoms with E-state index >= 15 is 0 Å². The van der Waals surface area contributed by atoms with Crippen molar-refractivity contribution in [1.82, 2.24) is 5.32 Å². The third kappa shape index (κ3) is 7.23. The summed E-state index contributed by atoms with van der Waals surface area (Å²) in [5, 5.41) is 2.91. The summed E-state index contributed by atoms with van der Waals surface area (Å²) >= 11 is 0. The maximum atomic E-state index is 13.8. The minimum Gasteiger partial charge on any atom is -0.355 e. The molecule has 3 nitrogen and oxygen atoms in total. The van der Waals surface area contributed by atoms with Crippen LogP contribution in [0.25, 0.3) is 0 Å². The molecule has 0 saturated carbocycles. The Kier molecular flexibility index (Phi) is 10.0. The van der Waals surface area contributed by atoms with Gasteiger partial charge in [-0.25, -0.2) is 4.39 Å². The minimum atomic E-state index is -0.416. The van der Waals surface area contributed by atoms with Crippen molar-refractivity contribution in [3.05, 3.63) is 35.6 Å². The first kappa shape index (κ1) is 20.9. The molecule has 0 saturated heterocycles. The Morgan fingerprint density at radius 1 is 1.18 bits per heavy atom. The first-order chi connectivity index (χ1) is 9.97. The van der Waals surface area contributed by atoms with Gasteiger partial charge in [0.15, 0.2) is 0 Å². The summed E-state index contributed by atoms with van der Waals surface area (Å²) in [5.41, 5.74) is 5.64. The van der Waals surface area contributed by atoms with Crippen LogP contribution in [0.4, 0.5) is 4.39 Å². The highest BCUT2D eigenvalue weighted by molar-refractivity contribution is 5.85. The Labute approximate surface area is 139 Å². The van der Waals surface area contributed by atoms with Gasteiger partial charge >= 0.3 is 0 Å². The van der Waals surface area contributed by atoms with Crippen molar-refractivity contribution in [3.8, 4) is 0 Å². The number of rotatable bonds is 9. The number of nitrogens with two attached hydrogens (primary N) is 1. The second-order valence-electron chi connectivity index (χ2n) is 6.09. The molecule has 1 aromatic rings. The Morgan fingerprint density at radius 2 is 1.82 bits per heavy atom. The third-order valence-corrected chi connectivity index (χ3v) is 3.69. The summed E-state index contributed by atoms with van der Waals surface area (Å²) in [7, 11) is 0. The van der Waals surface area contributed by atoms with Gasteiger partial charge in [-0.1, -0.05) is 44.9 Å². The maximum absolute atomic E-state index is 13.8. The summed E-state index contributed by atoms with van der Waals surface area (Å²) in [5.74, 6) is -0.189. The summed E-state index contributed by atoms with van der Waals surface area (Å²) < 4.78 is 13.8. The van der Waals surface area contributed by atoms with Crippen LogP contribution in [0.2, 0.25) is 0 Å². The molecule has 0 aliphatic carbocycles. The van der Waals surface area contributed by atoms with E-state index in [2.05, 4.69) is 5.32 Å². The lowest BCUT2D eigenvalue weighted by Gasteiger charge is -2.26. The van der Waals surface area contributed by atoms with Gasteiger partial charge in [0, 0.05) is 18.4 Å². The zero-order valence-corrected chi connectivity index (χ0v) is 14.3. The fourth-order valence-corrected chi connectivity index (χ4v) is 2.30. The van der Waals surface area contributed by atoms with E-state index in [1.54, 1.807) is 12.1 Å². The van der Waals surface area contributed by atoms with Crippen molar-refractivity contribution in [2.24, 2.45) is 5.73 Å². The molecule has 0 atom stereocenters. The lowest BCUT2D eigenvalue weighted by molar-refractivity contribution is -0.121. The van der Waals surface area contributed by atoms with E-state index in [-0.39, 0.29) is 24.1 Å². The van der Waals surface area contributed by atoms with Gasteiger partial charge in [-0.05, 0) is 31.0 Å². The third-order valence-electron chi connectivity index (χ3n) is 3.69. The van der Waals surface area contributed by atoms with Crippen molar-refractivity contribution in [1.29, 1.82) is 0 Å². The van der Waals surface area contributed by atoms with Crippen molar-refractivity contribution in [3.63, 3.8) is 0 Å². The molecular formula is C17H28ClFN2O. The molecule has 0 heterocycles. The number of nitrogens with one attached hydrogen (secondary N) is 1. The standard InChI is InChI=1S/C17H27FN2O.ClH/c1-17(2,14-9-6-7-10-15(14)18)13-20-16(21)11-5-3-4-8-12-19;/h6-7,9-10H,3-5,8,11-13,19H2,1-2H3,(H,20,21);1H. The van der Waals surface area contributed by atoms with E-state index in [1.807, 2.05) is 19.9 Å². The molecule has 1 aromatic carbocycles. The SMILES string of the molecule is CC(C)(CNC(=O)CCCCCCN)c1ccccc1F.Cl. The highest BCUT2D eigenvalue weighted by atomic mass is 35.5. The smallest absolute Gasteiger partial charge is 0.220 e. The van der Waals surface area contributed by atoms with E-state index in [4.69, 9.17) is 5.73 Å². The predicted octanol–water partition coefficient (Wildman–Crippen LogP) is 3.55. The largest absolute Gasteiger partial charge is 0.355 e. The first-order valence-electron chi connectivity index (χ1n) is 7.69. The molecule has 0 spiro atoms. The summed E-state index contributed by atoms with van der Waals surface area (Å²) in [4.78, 5) is 11.8. The Balaban J connectivity index is 0.00000441. The molecule has 0 aliphatic heterocycles. The molecule has 0 fully saturated rings.